The van der Waals surface area contributed by atoms with Crippen molar-refractivity contribution in [2.24, 2.45) is 0 Å². The normalized spacial score (nSPS) is 22.6. The number of hydrogen-bond acceptors (Lipinski definition) is 4. The van der Waals surface area contributed by atoms with Crippen LogP contribution in [0.2, 0.25) is 5.02 Å². The van der Waals surface area contributed by atoms with E-state index in [1.165, 1.54) is 5.56 Å². The fourth-order valence-electron chi connectivity index (χ4n) is 3.90. The molecule has 2 fully saturated rings. The lowest BCUT2D eigenvalue weighted by atomic mass is 10.0. The smallest absolute Gasteiger partial charge is 0.221 e. The van der Waals surface area contributed by atoms with E-state index in [9.17, 15) is 4.79 Å². The molecule has 2 heterocycles. The molecule has 1 amide bonds. The minimum Gasteiger partial charge on any atom is -0.373 e. The Morgan fingerprint density at radius 1 is 1.36 bits per heavy atom. The molecule has 0 aromatic heterocycles. The Kier molecular flexibility index (Phi) is 10.5. The largest absolute Gasteiger partial charge is 0.373 e. The van der Waals surface area contributed by atoms with Crippen molar-refractivity contribution in [3.63, 3.8) is 0 Å². The van der Waals surface area contributed by atoms with Gasteiger partial charge in [-0.3, -0.25) is 9.69 Å². The number of carbonyl (C=O) groups is 1. The maximum absolute atomic E-state index is 12.4. The van der Waals surface area contributed by atoms with Crippen molar-refractivity contribution >= 4 is 42.3 Å². The molecule has 1 aromatic rings. The van der Waals surface area contributed by atoms with E-state index in [4.69, 9.17) is 16.3 Å². The molecule has 2 N–H and O–H groups in total. The third-order valence-electron chi connectivity index (χ3n) is 5.24. The highest BCUT2D eigenvalue weighted by Crippen LogP contribution is 2.27. The average molecular weight is 453 g/mol. The third-order valence-corrected chi connectivity index (χ3v) is 5.49. The maximum atomic E-state index is 12.4. The second-order valence-corrected chi connectivity index (χ2v) is 8.38. The summed E-state index contributed by atoms with van der Waals surface area (Å²) in [4.78, 5) is 14.8. The van der Waals surface area contributed by atoms with Gasteiger partial charge in [-0.1, -0.05) is 23.7 Å². The van der Waals surface area contributed by atoms with Gasteiger partial charge in [-0.15, -0.1) is 24.8 Å². The zero-order valence-electron chi connectivity index (χ0n) is 16.6. The first kappa shape index (κ1) is 25.5. The van der Waals surface area contributed by atoms with Gasteiger partial charge in [-0.05, 0) is 50.9 Å². The molecule has 2 unspecified atom stereocenters. The molecule has 1 aromatic carbocycles. The van der Waals surface area contributed by atoms with Crippen LogP contribution in [0.15, 0.2) is 24.3 Å². The van der Waals surface area contributed by atoms with Crippen LogP contribution in [0.1, 0.15) is 44.7 Å². The number of halogens is 3. The van der Waals surface area contributed by atoms with Gasteiger partial charge in [0.15, 0.2) is 0 Å². The van der Waals surface area contributed by atoms with Crippen LogP contribution < -0.4 is 10.6 Å². The Balaban J connectivity index is 0.00000196. The summed E-state index contributed by atoms with van der Waals surface area (Å²) in [6, 6.07) is 8.39. The molecule has 0 aliphatic carbocycles. The lowest BCUT2D eigenvalue weighted by Crippen LogP contribution is -2.51. The summed E-state index contributed by atoms with van der Waals surface area (Å²) in [6.07, 6.45) is 2.81. The third kappa shape index (κ3) is 7.36. The van der Waals surface area contributed by atoms with Crippen LogP contribution >= 0.6 is 36.4 Å². The van der Waals surface area contributed by atoms with Crippen LogP contribution in [0.25, 0.3) is 0 Å². The number of carbonyl (C=O) groups excluding carboxylic acids is 1. The first-order valence-electron chi connectivity index (χ1n) is 9.56. The second-order valence-electron chi connectivity index (χ2n) is 7.95. The number of benzene rings is 1. The van der Waals surface area contributed by atoms with Crippen LogP contribution in [0, 0.1) is 0 Å². The Labute approximate surface area is 185 Å². The molecule has 5 nitrogen and oxygen atoms in total. The zero-order chi connectivity index (χ0) is 18.6. The summed E-state index contributed by atoms with van der Waals surface area (Å²) in [5, 5.41) is 7.27. The summed E-state index contributed by atoms with van der Waals surface area (Å²) in [6.45, 7) is 8.25. The lowest BCUT2D eigenvalue weighted by molar-refractivity contribution is -0.122. The van der Waals surface area contributed by atoms with E-state index in [2.05, 4.69) is 41.5 Å². The molecule has 0 bridgehead atoms. The van der Waals surface area contributed by atoms with Gasteiger partial charge in [0.05, 0.1) is 18.2 Å². The predicted octanol–water partition coefficient (Wildman–Crippen LogP) is 3.59. The standard InChI is InChI=1S/C20H30ClN3O2.2ClH/c1-20(2)14-24(10-11-26-20)18(15-5-7-16(21)8-6-15)13-23-19(25)12-17-4-3-9-22-17;;/h5-8,17-18,22H,3-4,9-14H2,1-2H3,(H,23,25);2*1H. The molecule has 2 atom stereocenters. The zero-order valence-corrected chi connectivity index (χ0v) is 19.0. The van der Waals surface area contributed by atoms with E-state index in [0.29, 0.717) is 25.6 Å². The van der Waals surface area contributed by atoms with Gasteiger partial charge in [0.2, 0.25) is 5.91 Å². The summed E-state index contributed by atoms with van der Waals surface area (Å²) >= 11 is 6.06. The van der Waals surface area contributed by atoms with Crippen LogP contribution in [0.4, 0.5) is 0 Å². The molecule has 8 heteroatoms. The van der Waals surface area contributed by atoms with Gasteiger partial charge in [-0.25, -0.2) is 0 Å². The van der Waals surface area contributed by atoms with Crippen molar-refractivity contribution in [2.45, 2.75) is 50.8 Å². The van der Waals surface area contributed by atoms with Crippen LogP contribution in [0.3, 0.4) is 0 Å². The molecule has 3 rings (SSSR count). The molecule has 0 saturated carbocycles. The molecular formula is C20H32Cl3N3O2. The van der Waals surface area contributed by atoms with Crippen LogP contribution in [0.5, 0.6) is 0 Å². The monoisotopic (exact) mass is 451 g/mol. The van der Waals surface area contributed by atoms with Crippen molar-refractivity contribution < 1.29 is 9.53 Å². The van der Waals surface area contributed by atoms with Gasteiger partial charge in [0, 0.05) is 37.1 Å². The van der Waals surface area contributed by atoms with Gasteiger partial charge in [0.1, 0.15) is 0 Å². The van der Waals surface area contributed by atoms with Gasteiger partial charge < -0.3 is 15.4 Å². The highest BCUT2D eigenvalue weighted by Gasteiger charge is 2.32. The number of amides is 1. The predicted molar refractivity (Wildman–Crippen MR) is 119 cm³/mol. The Hall–Kier alpha value is -0.560. The van der Waals surface area contributed by atoms with Gasteiger partial charge in [-0.2, -0.15) is 0 Å². The molecule has 2 aliphatic rings. The van der Waals surface area contributed by atoms with E-state index < -0.39 is 0 Å². The highest BCUT2D eigenvalue weighted by atomic mass is 35.5. The van der Waals surface area contributed by atoms with E-state index in [1.807, 2.05) is 12.1 Å². The minimum absolute atomic E-state index is 0. The van der Waals surface area contributed by atoms with E-state index in [1.54, 1.807) is 0 Å². The number of nitrogens with zero attached hydrogens (tertiary/aromatic N) is 1. The van der Waals surface area contributed by atoms with Crippen LogP contribution in [-0.2, 0) is 9.53 Å². The summed E-state index contributed by atoms with van der Waals surface area (Å²) < 4.78 is 5.86. The van der Waals surface area contributed by atoms with Crippen molar-refractivity contribution in [1.29, 1.82) is 0 Å². The Morgan fingerprint density at radius 2 is 2.07 bits per heavy atom. The second kappa shape index (κ2) is 11.6. The average Bonchev–Trinajstić information content (AvgIpc) is 3.08. The number of rotatable bonds is 6. The molecule has 0 radical (unpaired) electrons. The SMILES string of the molecule is CC1(C)CN(C(CNC(=O)CC2CCCN2)c2ccc(Cl)cc2)CCO1.Cl.Cl. The van der Waals surface area contributed by atoms with Crippen molar-refractivity contribution in [1.82, 2.24) is 15.5 Å². The fraction of sp³-hybridized carbons (Fsp3) is 0.650. The Morgan fingerprint density at radius 3 is 2.68 bits per heavy atom. The first-order chi connectivity index (χ1) is 12.4. The number of hydrogen-bond donors (Lipinski definition) is 2. The van der Waals surface area contributed by atoms with Crippen LogP contribution in [-0.4, -0.2) is 55.2 Å². The van der Waals surface area contributed by atoms with Crippen molar-refractivity contribution in [3.8, 4) is 0 Å². The van der Waals surface area contributed by atoms with E-state index in [-0.39, 0.29) is 42.4 Å². The lowest BCUT2D eigenvalue weighted by Gasteiger charge is -2.42. The number of ether oxygens (including phenoxy) is 1. The van der Waals surface area contributed by atoms with Crippen molar-refractivity contribution in [3.05, 3.63) is 34.9 Å². The molecule has 0 spiro atoms. The van der Waals surface area contributed by atoms with Gasteiger partial charge in [0.25, 0.3) is 0 Å². The highest BCUT2D eigenvalue weighted by molar-refractivity contribution is 6.30. The van der Waals surface area contributed by atoms with Gasteiger partial charge >= 0.3 is 0 Å². The summed E-state index contributed by atoms with van der Waals surface area (Å²) in [5.41, 5.74) is 0.993. The minimum atomic E-state index is -0.180. The summed E-state index contributed by atoms with van der Waals surface area (Å²) in [7, 11) is 0. The maximum Gasteiger partial charge on any atom is 0.221 e. The van der Waals surface area contributed by atoms with E-state index >= 15 is 0 Å². The Bertz CT molecular complexity index is 607. The molecule has 2 aliphatic heterocycles. The van der Waals surface area contributed by atoms with E-state index in [0.717, 1.165) is 37.5 Å². The molecule has 28 heavy (non-hydrogen) atoms. The molecular weight excluding hydrogens is 421 g/mol. The first-order valence-corrected chi connectivity index (χ1v) is 9.94. The molecule has 2 saturated heterocycles. The van der Waals surface area contributed by atoms with Crippen molar-refractivity contribution in [2.75, 3.05) is 32.8 Å². The number of nitrogens with one attached hydrogen (secondary N) is 2. The molecule has 160 valence electrons. The fourth-order valence-corrected chi connectivity index (χ4v) is 4.03. The quantitative estimate of drug-likeness (QED) is 0.692. The summed E-state index contributed by atoms with van der Waals surface area (Å²) in [5.74, 6) is 0.121. The number of morpholine rings is 1. The topological polar surface area (TPSA) is 53.6 Å².